The van der Waals surface area contributed by atoms with Gasteiger partial charge in [0.2, 0.25) is 0 Å². The summed E-state index contributed by atoms with van der Waals surface area (Å²) in [5.41, 5.74) is 1.71. The predicted octanol–water partition coefficient (Wildman–Crippen LogP) is 0.641. The Labute approximate surface area is 83.6 Å². The van der Waals surface area contributed by atoms with Crippen molar-refractivity contribution in [3.05, 3.63) is 40.3 Å². The van der Waals surface area contributed by atoms with Gasteiger partial charge in [-0.2, -0.15) is 0 Å². The monoisotopic (exact) mass is 183 g/mol. The van der Waals surface area contributed by atoms with Crippen LogP contribution < -0.4 is 11.0 Å². The van der Waals surface area contributed by atoms with Gasteiger partial charge in [-0.25, -0.2) is 0 Å². The van der Waals surface area contributed by atoms with Gasteiger partial charge in [0.1, 0.15) is 7.85 Å². The van der Waals surface area contributed by atoms with E-state index in [-0.39, 0.29) is 5.56 Å². The number of hydrogen-bond donors (Lipinski definition) is 0. The van der Waals surface area contributed by atoms with Crippen molar-refractivity contribution in [1.82, 2.24) is 4.57 Å². The average molecular weight is 183 g/mol. The lowest BCUT2D eigenvalue weighted by molar-refractivity contribution is 0.878. The molecular formula is C11H10BNO. The van der Waals surface area contributed by atoms with Crippen molar-refractivity contribution in [3.8, 4) is 0 Å². The van der Waals surface area contributed by atoms with E-state index in [0.29, 0.717) is 10.8 Å². The van der Waals surface area contributed by atoms with Gasteiger partial charge in [0.25, 0.3) is 5.56 Å². The Morgan fingerprint density at radius 2 is 2.00 bits per heavy atom. The molecule has 3 heteroatoms. The van der Waals surface area contributed by atoms with Gasteiger partial charge in [0.15, 0.2) is 0 Å². The fourth-order valence-electron chi connectivity index (χ4n) is 1.61. The summed E-state index contributed by atoms with van der Waals surface area (Å²) in [6.07, 6.45) is 1.65. The number of pyridine rings is 1. The first kappa shape index (κ1) is 9.07. The molecular weight excluding hydrogens is 173 g/mol. The van der Waals surface area contributed by atoms with Crippen molar-refractivity contribution >= 4 is 24.1 Å². The first-order chi connectivity index (χ1) is 6.59. The van der Waals surface area contributed by atoms with Crippen LogP contribution in [0.4, 0.5) is 0 Å². The van der Waals surface area contributed by atoms with Gasteiger partial charge in [-0.15, -0.1) is 0 Å². The van der Waals surface area contributed by atoms with Gasteiger partial charge in [-0.05, 0) is 18.4 Å². The standard InChI is InChI=1S/C11H10BNO/c1-7-3-4-8-9(5-7)11(14)13(2)6-10(8)12/h3-6H,1-2H3. The van der Waals surface area contributed by atoms with Gasteiger partial charge in [0, 0.05) is 18.6 Å². The molecule has 1 aromatic carbocycles. The Balaban J connectivity index is 3.03. The predicted molar refractivity (Wildman–Crippen MR) is 59.3 cm³/mol. The van der Waals surface area contributed by atoms with Crippen LogP contribution in [0.15, 0.2) is 29.2 Å². The minimum absolute atomic E-state index is 0.00194. The van der Waals surface area contributed by atoms with Crippen LogP contribution in [0.5, 0.6) is 0 Å². The number of fused-ring (bicyclic) bond motifs is 1. The van der Waals surface area contributed by atoms with E-state index in [9.17, 15) is 4.79 Å². The fourth-order valence-corrected chi connectivity index (χ4v) is 1.61. The molecule has 0 unspecified atom stereocenters. The van der Waals surface area contributed by atoms with E-state index in [4.69, 9.17) is 7.85 Å². The number of aromatic nitrogens is 1. The third-order valence-corrected chi connectivity index (χ3v) is 2.37. The SMILES string of the molecule is [B]c1cn(C)c(=O)c2cc(C)ccc12. The summed E-state index contributed by atoms with van der Waals surface area (Å²) in [4.78, 5) is 11.7. The molecule has 0 atom stereocenters. The summed E-state index contributed by atoms with van der Waals surface area (Å²) in [7, 11) is 7.53. The maximum absolute atomic E-state index is 11.7. The summed E-state index contributed by atoms with van der Waals surface area (Å²) < 4.78 is 1.51. The van der Waals surface area contributed by atoms with E-state index < -0.39 is 0 Å². The van der Waals surface area contributed by atoms with Crippen molar-refractivity contribution in [3.63, 3.8) is 0 Å². The van der Waals surface area contributed by atoms with Crippen LogP contribution in [0, 0.1) is 6.92 Å². The van der Waals surface area contributed by atoms with Crippen LogP contribution >= 0.6 is 0 Å². The van der Waals surface area contributed by atoms with Gasteiger partial charge in [0.05, 0.1) is 0 Å². The Hall–Kier alpha value is -1.51. The van der Waals surface area contributed by atoms with Crippen LogP contribution in [0.2, 0.25) is 0 Å². The van der Waals surface area contributed by atoms with Crippen LogP contribution in [0.1, 0.15) is 5.56 Å². The Morgan fingerprint density at radius 3 is 2.71 bits per heavy atom. The van der Waals surface area contributed by atoms with Gasteiger partial charge >= 0.3 is 0 Å². The molecule has 2 aromatic rings. The molecule has 14 heavy (non-hydrogen) atoms. The Morgan fingerprint density at radius 1 is 1.29 bits per heavy atom. The molecule has 1 heterocycles. The summed E-state index contributed by atoms with van der Waals surface area (Å²) in [6.45, 7) is 1.96. The van der Waals surface area contributed by atoms with E-state index in [1.165, 1.54) is 4.57 Å². The van der Waals surface area contributed by atoms with E-state index in [2.05, 4.69) is 0 Å². The molecule has 0 N–H and O–H groups in total. The number of nitrogens with zero attached hydrogens (tertiary/aromatic N) is 1. The number of rotatable bonds is 0. The molecule has 2 rings (SSSR count). The van der Waals surface area contributed by atoms with Crippen LogP contribution in [-0.2, 0) is 7.05 Å². The highest BCUT2D eigenvalue weighted by Gasteiger charge is 2.02. The minimum Gasteiger partial charge on any atom is -0.319 e. The highest BCUT2D eigenvalue weighted by Crippen LogP contribution is 2.08. The second-order valence-electron chi connectivity index (χ2n) is 3.55. The summed E-state index contributed by atoms with van der Waals surface area (Å²) in [5, 5.41) is 1.52. The topological polar surface area (TPSA) is 22.0 Å². The van der Waals surface area contributed by atoms with Crippen molar-refractivity contribution in [2.45, 2.75) is 6.92 Å². The third-order valence-electron chi connectivity index (χ3n) is 2.37. The van der Waals surface area contributed by atoms with Crippen molar-refractivity contribution < 1.29 is 0 Å². The Bertz CT molecular complexity index is 557. The molecule has 0 saturated heterocycles. The molecule has 0 bridgehead atoms. The van der Waals surface area contributed by atoms with Crippen molar-refractivity contribution in [1.29, 1.82) is 0 Å². The van der Waals surface area contributed by atoms with E-state index in [1.54, 1.807) is 13.2 Å². The zero-order chi connectivity index (χ0) is 10.3. The van der Waals surface area contributed by atoms with Crippen LogP contribution in [0.3, 0.4) is 0 Å². The molecule has 2 nitrogen and oxygen atoms in total. The quantitative estimate of drug-likeness (QED) is 0.549. The van der Waals surface area contributed by atoms with Crippen LogP contribution in [-0.4, -0.2) is 12.4 Å². The van der Waals surface area contributed by atoms with Gasteiger partial charge in [-0.1, -0.05) is 23.2 Å². The van der Waals surface area contributed by atoms with Gasteiger partial charge < -0.3 is 4.57 Å². The lowest BCUT2D eigenvalue weighted by Crippen LogP contribution is -2.23. The lowest BCUT2D eigenvalue weighted by Gasteiger charge is -2.06. The smallest absolute Gasteiger partial charge is 0.258 e. The maximum atomic E-state index is 11.7. The second-order valence-corrected chi connectivity index (χ2v) is 3.55. The number of aryl methyl sites for hydroxylation is 2. The molecule has 0 amide bonds. The molecule has 0 aliphatic heterocycles. The van der Waals surface area contributed by atoms with E-state index in [0.717, 1.165) is 10.9 Å². The highest BCUT2D eigenvalue weighted by molar-refractivity contribution is 6.38. The normalized spacial score (nSPS) is 10.7. The first-order valence-electron chi connectivity index (χ1n) is 4.45. The average Bonchev–Trinajstić information content (AvgIpc) is 2.14. The molecule has 0 spiro atoms. The summed E-state index contributed by atoms with van der Waals surface area (Å²) in [6, 6.07) is 5.72. The molecule has 1 aromatic heterocycles. The zero-order valence-electron chi connectivity index (χ0n) is 8.24. The Kier molecular flexibility index (Phi) is 1.95. The van der Waals surface area contributed by atoms with Crippen molar-refractivity contribution in [2.75, 3.05) is 0 Å². The lowest BCUT2D eigenvalue weighted by atomic mass is 9.92. The molecule has 0 aliphatic carbocycles. The largest absolute Gasteiger partial charge is 0.319 e. The number of benzene rings is 1. The fraction of sp³-hybridized carbons (Fsp3) is 0.182. The first-order valence-corrected chi connectivity index (χ1v) is 4.45. The third kappa shape index (κ3) is 1.25. The molecule has 2 radical (unpaired) electrons. The van der Waals surface area contributed by atoms with Crippen molar-refractivity contribution in [2.24, 2.45) is 7.05 Å². The molecule has 0 saturated carbocycles. The van der Waals surface area contributed by atoms with Crippen LogP contribution in [0.25, 0.3) is 10.8 Å². The zero-order valence-corrected chi connectivity index (χ0v) is 8.24. The molecule has 0 aliphatic rings. The van der Waals surface area contributed by atoms with Gasteiger partial charge in [-0.3, -0.25) is 4.79 Å². The maximum Gasteiger partial charge on any atom is 0.258 e. The minimum atomic E-state index is -0.00194. The molecule has 68 valence electrons. The summed E-state index contributed by atoms with van der Waals surface area (Å²) >= 11 is 0. The van der Waals surface area contributed by atoms with E-state index >= 15 is 0 Å². The highest BCUT2D eigenvalue weighted by atomic mass is 16.1. The summed E-state index contributed by atoms with van der Waals surface area (Å²) in [5.74, 6) is 0. The molecule has 0 fully saturated rings. The van der Waals surface area contributed by atoms with E-state index in [1.807, 2.05) is 25.1 Å². The second kappa shape index (κ2) is 3.01. The number of hydrogen-bond acceptors (Lipinski definition) is 1.